The van der Waals surface area contributed by atoms with Gasteiger partial charge in [0.25, 0.3) is 10.0 Å². The minimum Gasteiger partial charge on any atom is -0.341 e. The molecule has 0 aliphatic carbocycles. The van der Waals surface area contributed by atoms with Crippen LogP contribution < -0.4 is 10.0 Å². The smallest absolute Gasteiger partial charge is 0.262 e. The highest BCUT2D eigenvalue weighted by molar-refractivity contribution is 8.12. The van der Waals surface area contributed by atoms with Crippen molar-refractivity contribution >= 4 is 74.0 Å². The molecule has 1 aromatic carbocycles. The molecule has 0 fully saturated rings. The van der Waals surface area contributed by atoms with Gasteiger partial charge in [0.2, 0.25) is 0 Å². The summed E-state index contributed by atoms with van der Waals surface area (Å²) in [7, 11) is -3.65. The van der Waals surface area contributed by atoms with E-state index in [-0.39, 0.29) is 9.22 Å². The first kappa shape index (κ1) is 14.7. The summed E-state index contributed by atoms with van der Waals surface area (Å²) in [5, 5.41) is 2.76. The lowest BCUT2D eigenvalue weighted by Gasteiger charge is -2.07. The SMILES string of the molecule is O=S(=O)(NC(=S)S)c1ccc(NC(=S)S)cc1. The zero-order chi connectivity index (χ0) is 13.1. The van der Waals surface area contributed by atoms with Crippen LogP contribution in [0.5, 0.6) is 0 Å². The number of sulfonamides is 1. The Bertz CT molecular complexity index is 538. The molecule has 0 aliphatic rings. The van der Waals surface area contributed by atoms with Crippen molar-refractivity contribution in [2.24, 2.45) is 0 Å². The first-order valence-corrected chi connectivity index (χ1v) is 7.36. The Morgan fingerprint density at radius 1 is 1.06 bits per heavy atom. The van der Waals surface area contributed by atoms with Gasteiger partial charge >= 0.3 is 0 Å². The second-order valence-corrected chi connectivity index (χ2v) is 6.86. The van der Waals surface area contributed by atoms with Crippen LogP contribution in [-0.4, -0.2) is 17.1 Å². The van der Waals surface area contributed by atoms with Crippen LogP contribution in [0.1, 0.15) is 0 Å². The Labute approximate surface area is 121 Å². The minimum absolute atomic E-state index is 0.0875. The lowest BCUT2D eigenvalue weighted by Crippen LogP contribution is -2.25. The second kappa shape index (κ2) is 6.01. The monoisotopic (exact) mass is 324 g/mol. The van der Waals surface area contributed by atoms with E-state index in [1.807, 2.05) is 0 Å². The van der Waals surface area contributed by atoms with Crippen LogP contribution in [0.2, 0.25) is 0 Å². The van der Waals surface area contributed by atoms with E-state index in [2.05, 4.69) is 47.5 Å². The lowest BCUT2D eigenvalue weighted by molar-refractivity contribution is 0.593. The predicted molar refractivity (Wildman–Crippen MR) is 83.6 cm³/mol. The van der Waals surface area contributed by atoms with Gasteiger partial charge in [0, 0.05) is 5.69 Å². The standard InChI is InChI=1S/C8H8N2O2S5/c11-17(12,10-8(15)16)6-3-1-5(2-4-6)9-7(13)14/h1-4H,(H2,9,13,14)(H2,10,15,16). The van der Waals surface area contributed by atoms with E-state index in [1.54, 1.807) is 12.1 Å². The Morgan fingerprint density at radius 2 is 1.59 bits per heavy atom. The van der Waals surface area contributed by atoms with Crippen LogP contribution in [0.25, 0.3) is 0 Å². The maximum Gasteiger partial charge on any atom is 0.262 e. The number of benzene rings is 1. The molecule has 92 valence electrons. The fourth-order valence-electron chi connectivity index (χ4n) is 1.01. The maximum atomic E-state index is 11.7. The summed E-state index contributed by atoms with van der Waals surface area (Å²) in [5.41, 5.74) is 0.650. The first-order chi connectivity index (χ1) is 7.81. The molecule has 1 aromatic rings. The topological polar surface area (TPSA) is 58.2 Å². The summed E-state index contributed by atoms with van der Waals surface area (Å²) < 4.78 is 25.6. The van der Waals surface area contributed by atoms with Crippen LogP contribution in [-0.2, 0) is 10.0 Å². The number of nitrogens with one attached hydrogen (secondary N) is 2. The maximum absolute atomic E-state index is 11.7. The molecular formula is C8H8N2O2S5. The highest BCUT2D eigenvalue weighted by Crippen LogP contribution is 2.14. The Hall–Kier alpha value is -0.350. The van der Waals surface area contributed by atoms with Gasteiger partial charge in [-0.2, -0.15) is 0 Å². The van der Waals surface area contributed by atoms with Crippen molar-refractivity contribution in [3.8, 4) is 0 Å². The van der Waals surface area contributed by atoms with E-state index in [0.717, 1.165) is 0 Å². The van der Waals surface area contributed by atoms with Crippen molar-refractivity contribution in [2.45, 2.75) is 4.90 Å². The molecule has 0 aromatic heterocycles. The van der Waals surface area contributed by atoms with Gasteiger partial charge < -0.3 is 5.32 Å². The molecule has 0 saturated heterocycles. The molecule has 0 aliphatic heterocycles. The molecule has 0 saturated carbocycles. The fourth-order valence-corrected chi connectivity index (χ4v) is 2.79. The quantitative estimate of drug-likeness (QED) is 0.505. The second-order valence-electron chi connectivity index (χ2n) is 2.87. The van der Waals surface area contributed by atoms with Crippen molar-refractivity contribution in [3.63, 3.8) is 0 Å². The van der Waals surface area contributed by atoms with Crippen LogP contribution in [0.3, 0.4) is 0 Å². The van der Waals surface area contributed by atoms with Gasteiger partial charge in [-0.1, -0.05) is 24.4 Å². The van der Waals surface area contributed by atoms with Crippen molar-refractivity contribution in [3.05, 3.63) is 24.3 Å². The third-order valence-corrected chi connectivity index (χ3v) is 3.71. The van der Waals surface area contributed by atoms with E-state index in [0.29, 0.717) is 10.0 Å². The van der Waals surface area contributed by atoms with Gasteiger partial charge in [-0.05, 0) is 24.3 Å². The molecule has 9 heteroatoms. The van der Waals surface area contributed by atoms with Gasteiger partial charge in [-0.15, -0.1) is 25.3 Å². The molecule has 0 unspecified atom stereocenters. The van der Waals surface area contributed by atoms with Crippen molar-refractivity contribution in [2.75, 3.05) is 5.32 Å². The van der Waals surface area contributed by atoms with E-state index in [9.17, 15) is 8.42 Å². The number of hydrogen-bond acceptors (Lipinski definition) is 4. The summed E-state index contributed by atoms with van der Waals surface area (Å²) in [6.07, 6.45) is 0. The number of thiocarbonyl (C=S) groups is 2. The molecular weight excluding hydrogens is 316 g/mol. The Balaban J connectivity index is 2.94. The fraction of sp³-hybridized carbons (Fsp3) is 0. The van der Waals surface area contributed by atoms with Crippen molar-refractivity contribution in [1.82, 2.24) is 4.72 Å². The van der Waals surface area contributed by atoms with Crippen LogP contribution in [0.15, 0.2) is 29.2 Å². The summed E-state index contributed by atoms with van der Waals surface area (Å²) in [6, 6.07) is 5.98. The van der Waals surface area contributed by atoms with E-state index in [1.165, 1.54) is 12.1 Å². The molecule has 17 heavy (non-hydrogen) atoms. The molecule has 0 spiro atoms. The molecule has 0 heterocycles. The van der Waals surface area contributed by atoms with Crippen LogP contribution in [0.4, 0.5) is 5.69 Å². The van der Waals surface area contributed by atoms with E-state index < -0.39 is 10.0 Å². The van der Waals surface area contributed by atoms with Gasteiger partial charge in [0.1, 0.15) is 8.64 Å². The molecule has 2 N–H and O–H groups in total. The van der Waals surface area contributed by atoms with Crippen molar-refractivity contribution in [1.29, 1.82) is 0 Å². The van der Waals surface area contributed by atoms with Gasteiger partial charge in [0.15, 0.2) is 0 Å². The minimum atomic E-state index is -3.65. The normalized spacial score (nSPS) is 10.7. The first-order valence-electron chi connectivity index (χ1n) is 4.17. The third-order valence-electron chi connectivity index (χ3n) is 1.64. The summed E-state index contributed by atoms with van der Waals surface area (Å²) in [4.78, 5) is 0.0875. The van der Waals surface area contributed by atoms with Gasteiger partial charge in [0.05, 0.1) is 4.90 Å². The average molecular weight is 324 g/mol. The summed E-state index contributed by atoms with van der Waals surface area (Å²) >= 11 is 16.9. The number of rotatable bonds is 3. The molecule has 1 rings (SSSR count). The van der Waals surface area contributed by atoms with Crippen LogP contribution >= 0.6 is 49.7 Å². The molecule has 0 radical (unpaired) electrons. The zero-order valence-electron chi connectivity index (χ0n) is 8.25. The van der Waals surface area contributed by atoms with E-state index in [4.69, 9.17) is 12.2 Å². The molecule has 0 amide bonds. The Kier molecular flexibility index (Phi) is 5.20. The van der Waals surface area contributed by atoms with Gasteiger partial charge in [-0.25, -0.2) is 8.42 Å². The average Bonchev–Trinajstić information content (AvgIpc) is 2.15. The molecule has 0 bridgehead atoms. The number of anilines is 1. The van der Waals surface area contributed by atoms with Crippen LogP contribution in [0, 0.1) is 0 Å². The molecule has 0 atom stereocenters. The predicted octanol–water partition coefficient (Wildman–Crippen LogP) is 1.81. The Morgan fingerprint density at radius 3 is 2.00 bits per heavy atom. The van der Waals surface area contributed by atoms with E-state index >= 15 is 0 Å². The lowest BCUT2D eigenvalue weighted by atomic mass is 10.3. The number of hydrogen-bond donors (Lipinski definition) is 4. The van der Waals surface area contributed by atoms with Crippen molar-refractivity contribution < 1.29 is 8.42 Å². The van der Waals surface area contributed by atoms with Gasteiger partial charge in [-0.3, -0.25) is 4.72 Å². The largest absolute Gasteiger partial charge is 0.341 e. The third kappa shape index (κ3) is 4.80. The number of thiol groups is 2. The molecule has 4 nitrogen and oxygen atoms in total. The highest BCUT2D eigenvalue weighted by Gasteiger charge is 2.13. The summed E-state index contributed by atoms with van der Waals surface area (Å²) in [6.45, 7) is 0. The summed E-state index contributed by atoms with van der Waals surface area (Å²) in [5.74, 6) is 0. The zero-order valence-corrected chi connectivity index (χ0v) is 12.5. The highest BCUT2D eigenvalue weighted by atomic mass is 32.2.